The fourth-order valence-electron chi connectivity index (χ4n) is 1.91. The summed E-state index contributed by atoms with van der Waals surface area (Å²) in [6.45, 7) is 1.49. The van der Waals surface area contributed by atoms with Crippen molar-refractivity contribution in [1.82, 2.24) is 5.32 Å². The van der Waals surface area contributed by atoms with Crippen LogP contribution in [0.1, 0.15) is 17.5 Å². The fourth-order valence-corrected chi connectivity index (χ4v) is 1.91. The average molecular weight is 205 g/mol. The molecule has 1 aromatic rings. The van der Waals surface area contributed by atoms with Crippen LogP contribution in [-0.2, 0) is 13.0 Å². The third-order valence-electron chi connectivity index (χ3n) is 2.61. The zero-order chi connectivity index (χ0) is 10.7. The van der Waals surface area contributed by atoms with Gasteiger partial charge in [-0.2, -0.15) is 0 Å². The molecular weight excluding hydrogens is 190 g/mol. The molecule has 4 nitrogen and oxygen atoms in total. The monoisotopic (exact) mass is 205 g/mol. The normalized spacial score (nSPS) is 13.9. The van der Waals surface area contributed by atoms with E-state index in [0.717, 1.165) is 24.2 Å². The molecule has 1 aliphatic heterocycles. The summed E-state index contributed by atoms with van der Waals surface area (Å²) >= 11 is 0. The van der Waals surface area contributed by atoms with Crippen LogP contribution in [0.25, 0.3) is 0 Å². The van der Waals surface area contributed by atoms with Crippen molar-refractivity contribution in [2.75, 3.05) is 11.9 Å². The maximum atomic E-state index is 10.6. The Hall–Kier alpha value is -1.71. The van der Waals surface area contributed by atoms with E-state index in [2.05, 4.69) is 16.7 Å². The van der Waals surface area contributed by atoms with E-state index in [1.165, 1.54) is 12.0 Å². The molecule has 0 fully saturated rings. The summed E-state index contributed by atoms with van der Waals surface area (Å²) in [4.78, 5) is 10.6. The summed E-state index contributed by atoms with van der Waals surface area (Å²) in [6, 6.07) is 5.66. The third-order valence-corrected chi connectivity index (χ3v) is 2.61. The molecule has 80 valence electrons. The molecule has 0 aliphatic carbocycles. The molecule has 0 atom stereocenters. The summed E-state index contributed by atoms with van der Waals surface area (Å²) in [6.07, 6.45) is 2.27. The van der Waals surface area contributed by atoms with Gasteiger partial charge in [-0.15, -0.1) is 0 Å². The first-order valence-corrected chi connectivity index (χ1v) is 5.15. The highest BCUT2D eigenvalue weighted by Crippen LogP contribution is 2.25. The van der Waals surface area contributed by atoms with Crippen LogP contribution in [0.3, 0.4) is 0 Å². The SMILES string of the molecule is NC(=O)NCc1cccc2c1NCCC2. The number of fused-ring (bicyclic) bond motifs is 1. The van der Waals surface area contributed by atoms with Crippen molar-refractivity contribution in [3.63, 3.8) is 0 Å². The van der Waals surface area contributed by atoms with Crippen LogP contribution in [-0.4, -0.2) is 12.6 Å². The quantitative estimate of drug-likeness (QED) is 0.679. The summed E-state index contributed by atoms with van der Waals surface area (Å²) in [5, 5.41) is 5.97. The third kappa shape index (κ3) is 2.21. The number of nitrogens with one attached hydrogen (secondary N) is 2. The second kappa shape index (κ2) is 4.21. The first-order valence-electron chi connectivity index (χ1n) is 5.15. The Bertz CT molecular complexity index is 376. The predicted molar refractivity (Wildman–Crippen MR) is 59.7 cm³/mol. The van der Waals surface area contributed by atoms with E-state index in [4.69, 9.17) is 5.73 Å². The number of anilines is 1. The second-order valence-corrected chi connectivity index (χ2v) is 3.70. The first-order chi connectivity index (χ1) is 7.27. The van der Waals surface area contributed by atoms with E-state index in [1.54, 1.807) is 0 Å². The number of carbonyl (C=O) groups excluding carboxylic acids is 1. The Morgan fingerprint density at radius 3 is 3.20 bits per heavy atom. The van der Waals surface area contributed by atoms with Gasteiger partial charge in [-0.3, -0.25) is 0 Å². The molecular formula is C11H15N3O. The predicted octanol–water partition coefficient (Wildman–Crippen LogP) is 1.21. The molecule has 15 heavy (non-hydrogen) atoms. The summed E-state index contributed by atoms with van der Waals surface area (Å²) in [5.74, 6) is 0. The lowest BCUT2D eigenvalue weighted by Crippen LogP contribution is -2.29. The second-order valence-electron chi connectivity index (χ2n) is 3.70. The van der Waals surface area contributed by atoms with E-state index in [1.807, 2.05) is 12.1 Å². The van der Waals surface area contributed by atoms with E-state index in [0.29, 0.717) is 6.54 Å². The van der Waals surface area contributed by atoms with Crippen LogP contribution in [0.4, 0.5) is 10.5 Å². The lowest BCUT2D eigenvalue weighted by molar-refractivity contribution is 0.248. The number of para-hydroxylation sites is 1. The summed E-state index contributed by atoms with van der Waals surface area (Å²) < 4.78 is 0. The van der Waals surface area contributed by atoms with Gasteiger partial charge >= 0.3 is 6.03 Å². The first kappa shape index (κ1) is 9.83. The van der Waals surface area contributed by atoms with E-state index in [9.17, 15) is 4.79 Å². The molecule has 4 N–H and O–H groups in total. The maximum absolute atomic E-state index is 10.6. The van der Waals surface area contributed by atoms with Gasteiger partial charge in [0.25, 0.3) is 0 Å². The Labute approximate surface area is 88.9 Å². The lowest BCUT2D eigenvalue weighted by atomic mass is 9.99. The van der Waals surface area contributed by atoms with Crippen LogP contribution < -0.4 is 16.4 Å². The molecule has 0 spiro atoms. The number of rotatable bonds is 2. The number of aryl methyl sites for hydroxylation is 1. The van der Waals surface area contributed by atoms with Crippen LogP contribution >= 0.6 is 0 Å². The molecule has 2 amide bonds. The van der Waals surface area contributed by atoms with Crippen molar-refractivity contribution >= 4 is 11.7 Å². The minimum absolute atomic E-state index is 0.483. The Balaban J connectivity index is 2.19. The highest BCUT2D eigenvalue weighted by Gasteiger charge is 2.11. The minimum atomic E-state index is -0.483. The lowest BCUT2D eigenvalue weighted by Gasteiger charge is -2.21. The van der Waals surface area contributed by atoms with E-state index < -0.39 is 6.03 Å². The molecule has 0 aromatic heterocycles. The molecule has 0 radical (unpaired) electrons. The molecule has 1 heterocycles. The molecule has 1 aliphatic rings. The van der Waals surface area contributed by atoms with Crippen molar-refractivity contribution in [2.24, 2.45) is 5.73 Å². The van der Waals surface area contributed by atoms with Gasteiger partial charge in [-0.05, 0) is 24.0 Å². The number of carbonyl (C=O) groups is 1. The Morgan fingerprint density at radius 1 is 1.53 bits per heavy atom. The van der Waals surface area contributed by atoms with Crippen molar-refractivity contribution in [3.8, 4) is 0 Å². The van der Waals surface area contributed by atoms with Crippen LogP contribution in [0.5, 0.6) is 0 Å². The smallest absolute Gasteiger partial charge is 0.312 e. The molecule has 0 saturated carbocycles. The van der Waals surface area contributed by atoms with Crippen molar-refractivity contribution in [1.29, 1.82) is 0 Å². The summed E-state index contributed by atoms with van der Waals surface area (Å²) in [7, 11) is 0. The van der Waals surface area contributed by atoms with Gasteiger partial charge in [0.05, 0.1) is 0 Å². The Morgan fingerprint density at radius 2 is 2.40 bits per heavy atom. The maximum Gasteiger partial charge on any atom is 0.312 e. The van der Waals surface area contributed by atoms with Gasteiger partial charge < -0.3 is 16.4 Å². The standard InChI is InChI=1S/C11H15N3O/c12-11(15)14-7-9-4-1-3-8-5-2-6-13-10(8)9/h1,3-4,13H,2,5-7H2,(H3,12,14,15). The van der Waals surface area contributed by atoms with Gasteiger partial charge in [0.15, 0.2) is 0 Å². The Kier molecular flexibility index (Phi) is 2.76. The largest absolute Gasteiger partial charge is 0.385 e. The number of amides is 2. The van der Waals surface area contributed by atoms with Gasteiger partial charge in [0.1, 0.15) is 0 Å². The summed E-state index contributed by atoms with van der Waals surface area (Å²) in [5.41, 5.74) is 8.64. The van der Waals surface area contributed by atoms with Gasteiger partial charge in [0, 0.05) is 18.8 Å². The van der Waals surface area contributed by atoms with Gasteiger partial charge in [0.2, 0.25) is 0 Å². The number of nitrogens with two attached hydrogens (primary N) is 1. The van der Waals surface area contributed by atoms with Crippen LogP contribution in [0.2, 0.25) is 0 Å². The number of hydrogen-bond donors (Lipinski definition) is 3. The highest BCUT2D eigenvalue weighted by atomic mass is 16.2. The zero-order valence-corrected chi connectivity index (χ0v) is 8.55. The van der Waals surface area contributed by atoms with E-state index >= 15 is 0 Å². The number of primary amides is 1. The average Bonchev–Trinajstić information content (AvgIpc) is 2.26. The highest BCUT2D eigenvalue weighted by molar-refractivity contribution is 5.72. The molecule has 0 bridgehead atoms. The van der Waals surface area contributed by atoms with E-state index in [-0.39, 0.29) is 0 Å². The molecule has 0 unspecified atom stereocenters. The van der Waals surface area contributed by atoms with Crippen molar-refractivity contribution in [2.45, 2.75) is 19.4 Å². The number of hydrogen-bond acceptors (Lipinski definition) is 2. The van der Waals surface area contributed by atoms with Crippen LogP contribution in [0, 0.1) is 0 Å². The fraction of sp³-hybridized carbons (Fsp3) is 0.364. The topological polar surface area (TPSA) is 67.2 Å². The number of benzene rings is 1. The van der Waals surface area contributed by atoms with Gasteiger partial charge in [-0.1, -0.05) is 18.2 Å². The molecule has 1 aromatic carbocycles. The molecule has 0 saturated heterocycles. The molecule has 4 heteroatoms. The zero-order valence-electron chi connectivity index (χ0n) is 8.55. The van der Waals surface area contributed by atoms with Crippen LogP contribution in [0.15, 0.2) is 18.2 Å². The van der Waals surface area contributed by atoms with Crippen molar-refractivity contribution in [3.05, 3.63) is 29.3 Å². The van der Waals surface area contributed by atoms with Crippen molar-refractivity contribution < 1.29 is 4.79 Å². The minimum Gasteiger partial charge on any atom is -0.385 e. The number of urea groups is 1. The molecule has 2 rings (SSSR count). The van der Waals surface area contributed by atoms with Gasteiger partial charge in [-0.25, -0.2) is 4.79 Å².